The summed E-state index contributed by atoms with van der Waals surface area (Å²) < 4.78 is 0. The van der Waals surface area contributed by atoms with Crippen molar-refractivity contribution in [3.63, 3.8) is 0 Å². The Morgan fingerprint density at radius 2 is 2.21 bits per heavy atom. The molecule has 0 saturated heterocycles. The van der Waals surface area contributed by atoms with Crippen molar-refractivity contribution in [3.8, 4) is 0 Å². The van der Waals surface area contributed by atoms with Gasteiger partial charge in [0.25, 0.3) is 5.91 Å². The predicted molar refractivity (Wildman–Crippen MR) is 83.1 cm³/mol. The first-order chi connectivity index (χ1) is 9.08. The average molecular weight is 281 g/mol. The molecule has 1 aromatic heterocycles. The molecule has 5 heteroatoms. The molecule has 0 radical (unpaired) electrons. The number of carbonyl (C=O) groups excluding carboxylic acids is 1. The third kappa shape index (κ3) is 5.11. The molecule has 0 spiro atoms. The van der Waals surface area contributed by atoms with E-state index in [1.807, 2.05) is 38.6 Å². The van der Waals surface area contributed by atoms with Gasteiger partial charge in [0, 0.05) is 30.2 Å². The van der Waals surface area contributed by atoms with Crippen molar-refractivity contribution in [1.29, 1.82) is 0 Å². The summed E-state index contributed by atoms with van der Waals surface area (Å²) in [6.07, 6.45) is 1.64. The minimum atomic E-state index is -0.0624. The van der Waals surface area contributed by atoms with E-state index in [2.05, 4.69) is 22.5 Å². The van der Waals surface area contributed by atoms with Gasteiger partial charge in [0.2, 0.25) is 0 Å². The van der Waals surface area contributed by atoms with Crippen LogP contribution in [0.4, 0.5) is 5.69 Å². The van der Waals surface area contributed by atoms with Crippen LogP contribution in [0.15, 0.2) is 12.3 Å². The summed E-state index contributed by atoms with van der Waals surface area (Å²) in [6, 6.07) is 2.07. The van der Waals surface area contributed by atoms with Gasteiger partial charge in [-0.05, 0) is 32.6 Å². The van der Waals surface area contributed by atoms with Crippen molar-refractivity contribution >= 4 is 23.4 Å². The van der Waals surface area contributed by atoms with Crippen LogP contribution in [-0.4, -0.2) is 35.0 Å². The zero-order valence-electron chi connectivity index (χ0n) is 12.1. The van der Waals surface area contributed by atoms with E-state index in [4.69, 9.17) is 0 Å². The molecule has 2 N–H and O–H groups in total. The number of anilines is 1. The summed E-state index contributed by atoms with van der Waals surface area (Å²) in [6.45, 7) is 8.85. The molecule has 0 saturated carbocycles. The number of carbonyl (C=O) groups is 1. The van der Waals surface area contributed by atoms with Crippen LogP contribution in [0.25, 0.3) is 0 Å². The number of nitrogens with zero attached hydrogens (tertiary/aromatic N) is 1. The second-order valence-corrected chi connectivity index (χ2v) is 5.75. The zero-order valence-corrected chi connectivity index (χ0v) is 12.9. The summed E-state index contributed by atoms with van der Waals surface area (Å²) in [5, 5.41) is 6.22. The number of hydrogen-bond acceptors (Lipinski definition) is 4. The smallest absolute Gasteiger partial charge is 0.255 e. The number of aryl methyl sites for hydroxylation is 1. The second kappa shape index (κ2) is 8.04. The van der Waals surface area contributed by atoms with Crippen LogP contribution in [0.1, 0.15) is 36.8 Å². The van der Waals surface area contributed by atoms with Crippen molar-refractivity contribution < 1.29 is 4.79 Å². The maximum atomic E-state index is 12.2. The lowest BCUT2D eigenvalue weighted by Crippen LogP contribution is -2.34. The van der Waals surface area contributed by atoms with E-state index in [1.165, 1.54) is 0 Å². The fourth-order valence-corrected chi connectivity index (χ4v) is 2.39. The van der Waals surface area contributed by atoms with E-state index in [9.17, 15) is 4.79 Å². The van der Waals surface area contributed by atoms with Gasteiger partial charge in [0.05, 0.1) is 11.3 Å². The first-order valence-electron chi connectivity index (χ1n) is 6.67. The predicted octanol–water partition coefficient (Wildman–Crippen LogP) is 2.69. The molecule has 0 bridgehead atoms. The van der Waals surface area contributed by atoms with Crippen molar-refractivity contribution in [3.05, 3.63) is 23.5 Å². The van der Waals surface area contributed by atoms with Crippen LogP contribution in [0, 0.1) is 6.92 Å². The quantitative estimate of drug-likeness (QED) is 0.807. The monoisotopic (exact) mass is 281 g/mol. The van der Waals surface area contributed by atoms with Crippen LogP contribution in [0.5, 0.6) is 0 Å². The number of nitrogens with one attached hydrogen (secondary N) is 2. The molecule has 0 aliphatic heterocycles. The molecule has 4 nitrogen and oxygen atoms in total. The van der Waals surface area contributed by atoms with Gasteiger partial charge in [0.1, 0.15) is 0 Å². The minimum absolute atomic E-state index is 0.0624. The lowest BCUT2D eigenvalue weighted by molar-refractivity contribution is 0.0944. The van der Waals surface area contributed by atoms with Crippen LogP contribution in [0.2, 0.25) is 0 Å². The van der Waals surface area contributed by atoms with Gasteiger partial charge in [-0.15, -0.1) is 0 Å². The molecular weight excluding hydrogens is 258 g/mol. The standard InChI is InChI=1S/C14H23N3OS/c1-5-15-13-7-10(3)16-8-12(13)14(18)17-11(4)9-19-6-2/h7-8,11H,5-6,9H2,1-4H3,(H,15,16)(H,17,18). The minimum Gasteiger partial charge on any atom is -0.385 e. The zero-order chi connectivity index (χ0) is 14.3. The first-order valence-corrected chi connectivity index (χ1v) is 7.83. The summed E-state index contributed by atoms with van der Waals surface area (Å²) >= 11 is 1.82. The fourth-order valence-electron chi connectivity index (χ4n) is 1.72. The topological polar surface area (TPSA) is 54.0 Å². The summed E-state index contributed by atoms with van der Waals surface area (Å²) in [5.41, 5.74) is 2.37. The molecule has 19 heavy (non-hydrogen) atoms. The maximum Gasteiger partial charge on any atom is 0.255 e. The largest absolute Gasteiger partial charge is 0.385 e. The molecule has 1 unspecified atom stereocenters. The van der Waals surface area contributed by atoms with Crippen molar-refractivity contribution in [2.75, 3.05) is 23.4 Å². The van der Waals surface area contributed by atoms with Crippen molar-refractivity contribution in [2.45, 2.75) is 33.7 Å². The molecule has 1 atom stereocenters. The maximum absolute atomic E-state index is 12.2. The molecule has 0 aromatic carbocycles. The molecule has 1 rings (SSSR count). The van der Waals surface area contributed by atoms with Gasteiger partial charge in [-0.3, -0.25) is 9.78 Å². The lowest BCUT2D eigenvalue weighted by atomic mass is 10.2. The molecule has 0 aliphatic rings. The van der Waals surface area contributed by atoms with Gasteiger partial charge < -0.3 is 10.6 Å². The third-order valence-electron chi connectivity index (χ3n) is 2.60. The van der Waals surface area contributed by atoms with E-state index in [-0.39, 0.29) is 11.9 Å². The molecule has 1 aromatic rings. The Morgan fingerprint density at radius 1 is 1.47 bits per heavy atom. The van der Waals surface area contributed by atoms with Crippen LogP contribution in [0.3, 0.4) is 0 Å². The van der Waals surface area contributed by atoms with Crippen molar-refractivity contribution in [2.24, 2.45) is 0 Å². The Hall–Kier alpha value is -1.23. The molecular formula is C14H23N3OS. The van der Waals surface area contributed by atoms with E-state index in [0.29, 0.717) is 5.56 Å². The molecule has 106 valence electrons. The van der Waals surface area contributed by atoms with E-state index < -0.39 is 0 Å². The highest BCUT2D eigenvalue weighted by Gasteiger charge is 2.14. The second-order valence-electron chi connectivity index (χ2n) is 4.44. The summed E-state index contributed by atoms with van der Waals surface area (Å²) in [4.78, 5) is 16.4. The first kappa shape index (κ1) is 15.8. The highest BCUT2D eigenvalue weighted by Crippen LogP contribution is 2.16. The van der Waals surface area contributed by atoms with Crippen LogP contribution >= 0.6 is 11.8 Å². The lowest BCUT2D eigenvalue weighted by Gasteiger charge is -2.15. The molecule has 1 amide bonds. The Morgan fingerprint density at radius 3 is 2.84 bits per heavy atom. The number of hydrogen-bond donors (Lipinski definition) is 2. The van der Waals surface area contributed by atoms with E-state index in [1.54, 1.807) is 6.20 Å². The van der Waals surface area contributed by atoms with Gasteiger partial charge >= 0.3 is 0 Å². The highest BCUT2D eigenvalue weighted by molar-refractivity contribution is 7.99. The number of rotatable bonds is 7. The Kier molecular flexibility index (Phi) is 6.70. The van der Waals surface area contributed by atoms with Gasteiger partial charge in [0.15, 0.2) is 0 Å². The highest BCUT2D eigenvalue weighted by atomic mass is 32.2. The van der Waals surface area contributed by atoms with Gasteiger partial charge in [-0.1, -0.05) is 6.92 Å². The Balaban J connectivity index is 2.75. The third-order valence-corrected chi connectivity index (χ3v) is 3.75. The normalized spacial score (nSPS) is 12.0. The van der Waals surface area contributed by atoms with Crippen LogP contribution in [-0.2, 0) is 0 Å². The number of aromatic nitrogens is 1. The summed E-state index contributed by atoms with van der Waals surface area (Å²) in [7, 11) is 0. The Bertz CT molecular complexity index is 423. The molecule has 1 heterocycles. The summed E-state index contributed by atoms with van der Waals surface area (Å²) in [5.74, 6) is 1.93. The number of amides is 1. The number of pyridine rings is 1. The average Bonchev–Trinajstić information content (AvgIpc) is 2.36. The van der Waals surface area contributed by atoms with E-state index in [0.717, 1.165) is 29.4 Å². The van der Waals surface area contributed by atoms with Crippen molar-refractivity contribution in [1.82, 2.24) is 10.3 Å². The molecule has 0 aliphatic carbocycles. The van der Waals surface area contributed by atoms with Gasteiger partial charge in [-0.25, -0.2) is 0 Å². The number of thioether (sulfide) groups is 1. The Labute approximate surface area is 119 Å². The van der Waals surface area contributed by atoms with E-state index >= 15 is 0 Å². The van der Waals surface area contributed by atoms with Crippen LogP contribution < -0.4 is 10.6 Å². The van der Waals surface area contributed by atoms with Gasteiger partial charge in [-0.2, -0.15) is 11.8 Å². The molecule has 0 fully saturated rings. The fraction of sp³-hybridized carbons (Fsp3) is 0.571. The SMILES string of the molecule is CCNc1cc(C)ncc1C(=O)NC(C)CSCC.